The van der Waals surface area contributed by atoms with Gasteiger partial charge >= 0.3 is 5.97 Å². The molecular weight excluding hydrogens is 326 g/mol. The fourth-order valence-corrected chi connectivity index (χ4v) is 1.92. The predicted molar refractivity (Wildman–Crippen MR) is 83.0 cm³/mol. The molecule has 3 rings (SSSR count). The molecule has 0 unspecified atom stereocenters. The van der Waals surface area contributed by atoms with E-state index >= 15 is 0 Å². The van der Waals surface area contributed by atoms with Crippen LogP contribution >= 0.6 is 0 Å². The third-order valence-electron chi connectivity index (χ3n) is 3.16. The summed E-state index contributed by atoms with van der Waals surface area (Å²) in [5.41, 5.74) is 0.506. The number of nitrogens with zero attached hydrogens (tertiary/aromatic N) is 3. The van der Waals surface area contributed by atoms with Gasteiger partial charge in [0.15, 0.2) is 18.5 Å². The van der Waals surface area contributed by atoms with Gasteiger partial charge in [0.25, 0.3) is 11.8 Å². The highest BCUT2D eigenvalue weighted by Crippen LogP contribution is 2.18. The van der Waals surface area contributed by atoms with Gasteiger partial charge in [-0.05, 0) is 43.3 Å². The lowest BCUT2D eigenvalue weighted by molar-refractivity contribution is -0.153. The predicted octanol–water partition coefficient (Wildman–Crippen LogP) is 2.71. The topological polar surface area (TPSA) is 111 Å². The molecule has 0 aliphatic carbocycles. The fraction of sp³-hybridized carbons (Fsp3) is 0.176. The summed E-state index contributed by atoms with van der Waals surface area (Å²) in [5, 5.41) is 16.3. The van der Waals surface area contributed by atoms with Gasteiger partial charge in [0.2, 0.25) is 0 Å². The molecule has 0 bridgehead atoms. The summed E-state index contributed by atoms with van der Waals surface area (Å²) in [4.78, 5) is 12.0. The normalized spacial score (nSPS) is 11.5. The lowest BCUT2D eigenvalue weighted by atomic mass is 10.2. The van der Waals surface area contributed by atoms with E-state index in [0.29, 0.717) is 17.1 Å². The lowest BCUT2D eigenvalue weighted by Gasteiger charge is -2.13. The van der Waals surface area contributed by atoms with Crippen LogP contribution in [0.2, 0.25) is 0 Å². The summed E-state index contributed by atoms with van der Waals surface area (Å²) in [6, 6.07) is 11.8. The number of carbonyl (C=O) groups is 1. The minimum Gasteiger partial charge on any atom is -0.479 e. The first-order valence-corrected chi connectivity index (χ1v) is 7.35. The number of furan rings is 1. The molecule has 0 saturated heterocycles. The molecule has 0 saturated carbocycles. The summed E-state index contributed by atoms with van der Waals surface area (Å²) < 4.78 is 21.0. The van der Waals surface area contributed by atoms with Crippen LogP contribution in [-0.4, -0.2) is 22.3 Å². The van der Waals surface area contributed by atoms with Gasteiger partial charge in [0.05, 0.1) is 17.9 Å². The average molecular weight is 339 g/mol. The largest absolute Gasteiger partial charge is 0.479 e. The van der Waals surface area contributed by atoms with Crippen LogP contribution in [0.15, 0.2) is 51.5 Å². The van der Waals surface area contributed by atoms with Gasteiger partial charge in [-0.1, -0.05) is 0 Å². The highest BCUT2D eigenvalue weighted by Gasteiger charge is 2.18. The summed E-state index contributed by atoms with van der Waals surface area (Å²) in [7, 11) is 0. The van der Waals surface area contributed by atoms with E-state index in [1.165, 1.54) is 6.26 Å². The van der Waals surface area contributed by atoms with Crippen LogP contribution in [-0.2, 0) is 16.1 Å². The Morgan fingerprint density at radius 2 is 2.08 bits per heavy atom. The molecular formula is C17H13N3O5. The van der Waals surface area contributed by atoms with E-state index in [-0.39, 0.29) is 18.4 Å². The summed E-state index contributed by atoms with van der Waals surface area (Å²) in [6.45, 7) is 1.39. The van der Waals surface area contributed by atoms with Crippen LogP contribution in [0, 0.1) is 11.3 Å². The van der Waals surface area contributed by atoms with Crippen LogP contribution < -0.4 is 4.74 Å². The maximum Gasteiger partial charge on any atom is 0.347 e. The molecule has 0 aliphatic heterocycles. The standard InChI is InChI=1S/C17H13N3O5/c1-11(24-13-6-4-12(9-18)5-7-13)17(21)23-10-15-19-20-16(25-15)14-3-2-8-22-14/h2-8,11H,10H2,1H3/t11-/m1/s1. The highest BCUT2D eigenvalue weighted by atomic mass is 16.6. The van der Waals surface area contributed by atoms with Crippen LogP contribution in [0.3, 0.4) is 0 Å². The smallest absolute Gasteiger partial charge is 0.347 e. The Hall–Kier alpha value is -3.60. The summed E-state index contributed by atoms with van der Waals surface area (Å²) in [5.74, 6) is 0.661. The molecule has 2 aromatic heterocycles. The molecule has 1 aromatic carbocycles. The number of hydrogen-bond acceptors (Lipinski definition) is 8. The van der Waals surface area contributed by atoms with E-state index in [1.54, 1.807) is 43.3 Å². The number of esters is 1. The van der Waals surface area contributed by atoms with Crippen LogP contribution in [0.4, 0.5) is 0 Å². The van der Waals surface area contributed by atoms with Crippen molar-refractivity contribution in [3.05, 3.63) is 54.1 Å². The second kappa shape index (κ2) is 7.31. The Bertz CT molecular complexity index is 878. The van der Waals surface area contributed by atoms with Gasteiger partial charge in [-0.25, -0.2) is 4.79 Å². The van der Waals surface area contributed by atoms with Crippen LogP contribution in [0.25, 0.3) is 11.7 Å². The quantitative estimate of drug-likeness (QED) is 0.630. The van der Waals surface area contributed by atoms with Gasteiger partial charge < -0.3 is 18.3 Å². The van der Waals surface area contributed by atoms with Gasteiger partial charge in [0.1, 0.15) is 5.75 Å². The molecule has 1 atom stereocenters. The minimum atomic E-state index is -0.833. The van der Waals surface area contributed by atoms with Crippen LogP contribution in [0.1, 0.15) is 18.4 Å². The maximum absolute atomic E-state index is 12.0. The second-order valence-electron chi connectivity index (χ2n) is 4.98. The molecule has 8 heteroatoms. The SMILES string of the molecule is C[C@@H](Oc1ccc(C#N)cc1)C(=O)OCc1nnc(-c2ccco2)o1. The Kier molecular flexibility index (Phi) is 4.76. The third-order valence-corrected chi connectivity index (χ3v) is 3.16. The van der Waals surface area contributed by atoms with Crippen LogP contribution in [0.5, 0.6) is 5.75 Å². The van der Waals surface area contributed by atoms with Crippen molar-refractivity contribution in [2.24, 2.45) is 0 Å². The number of nitriles is 1. The zero-order valence-electron chi connectivity index (χ0n) is 13.2. The summed E-state index contributed by atoms with van der Waals surface area (Å²) in [6.07, 6.45) is 0.655. The van der Waals surface area contributed by atoms with E-state index in [4.69, 9.17) is 23.6 Å². The van der Waals surface area contributed by atoms with E-state index in [9.17, 15) is 4.79 Å². The first kappa shape index (κ1) is 16.3. The maximum atomic E-state index is 12.0. The number of hydrogen-bond donors (Lipinski definition) is 0. The van der Waals surface area contributed by atoms with Gasteiger partial charge in [-0.3, -0.25) is 0 Å². The third kappa shape index (κ3) is 4.03. The Morgan fingerprint density at radius 3 is 2.76 bits per heavy atom. The average Bonchev–Trinajstić information content (AvgIpc) is 3.31. The molecule has 0 N–H and O–H groups in total. The van der Waals surface area contributed by atoms with E-state index < -0.39 is 12.1 Å². The second-order valence-corrected chi connectivity index (χ2v) is 4.98. The number of carbonyl (C=O) groups excluding carboxylic acids is 1. The Labute approximate surface area is 142 Å². The van der Waals surface area contributed by atoms with Gasteiger partial charge in [0, 0.05) is 0 Å². The van der Waals surface area contributed by atoms with Gasteiger partial charge in [-0.15, -0.1) is 10.2 Å². The van der Waals surface area contributed by atoms with Crippen molar-refractivity contribution >= 4 is 5.97 Å². The first-order valence-electron chi connectivity index (χ1n) is 7.35. The molecule has 8 nitrogen and oxygen atoms in total. The first-order chi connectivity index (χ1) is 12.2. The molecule has 126 valence electrons. The number of rotatable bonds is 6. The number of benzene rings is 1. The summed E-state index contributed by atoms with van der Waals surface area (Å²) >= 11 is 0. The molecule has 0 aliphatic rings. The molecule has 2 heterocycles. The Balaban J connectivity index is 1.52. The molecule has 0 spiro atoms. The van der Waals surface area contributed by atoms with Crippen molar-refractivity contribution in [2.45, 2.75) is 19.6 Å². The van der Waals surface area contributed by atoms with E-state index in [0.717, 1.165) is 0 Å². The monoisotopic (exact) mass is 339 g/mol. The van der Waals surface area contributed by atoms with Crippen molar-refractivity contribution in [1.29, 1.82) is 5.26 Å². The molecule has 3 aromatic rings. The van der Waals surface area contributed by atoms with Crippen molar-refractivity contribution < 1.29 is 23.1 Å². The zero-order chi connectivity index (χ0) is 17.6. The Morgan fingerprint density at radius 1 is 1.28 bits per heavy atom. The van der Waals surface area contributed by atoms with E-state index in [2.05, 4.69) is 10.2 Å². The number of aromatic nitrogens is 2. The molecule has 0 radical (unpaired) electrons. The zero-order valence-corrected chi connectivity index (χ0v) is 13.2. The van der Waals surface area contributed by atoms with Crippen molar-refractivity contribution in [2.75, 3.05) is 0 Å². The number of ether oxygens (including phenoxy) is 2. The van der Waals surface area contributed by atoms with Crippen molar-refractivity contribution in [1.82, 2.24) is 10.2 Å². The highest BCUT2D eigenvalue weighted by molar-refractivity contribution is 5.74. The lowest BCUT2D eigenvalue weighted by Crippen LogP contribution is -2.26. The fourth-order valence-electron chi connectivity index (χ4n) is 1.92. The molecule has 25 heavy (non-hydrogen) atoms. The van der Waals surface area contributed by atoms with Crippen molar-refractivity contribution in [3.63, 3.8) is 0 Å². The molecule has 0 fully saturated rings. The molecule has 0 amide bonds. The van der Waals surface area contributed by atoms with Gasteiger partial charge in [-0.2, -0.15) is 5.26 Å². The minimum absolute atomic E-state index is 0.144. The van der Waals surface area contributed by atoms with E-state index in [1.807, 2.05) is 6.07 Å². The van der Waals surface area contributed by atoms with Crippen molar-refractivity contribution in [3.8, 4) is 23.5 Å².